The summed E-state index contributed by atoms with van der Waals surface area (Å²) in [5.41, 5.74) is 2.47. The fourth-order valence-corrected chi connectivity index (χ4v) is 1.30. The number of nitrogens with one attached hydrogen (secondary N) is 1. The summed E-state index contributed by atoms with van der Waals surface area (Å²) in [5.74, 6) is -0.188. The Morgan fingerprint density at radius 3 is 2.87 bits per heavy atom. The van der Waals surface area contributed by atoms with E-state index in [1.807, 2.05) is 12.1 Å². The van der Waals surface area contributed by atoms with E-state index in [9.17, 15) is 4.39 Å². The van der Waals surface area contributed by atoms with Gasteiger partial charge in [-0.3, -0.25) is 0 Å². The van der Waals surface area contributed by atoms with Crippen molar-refractivity contribution >= 4 is 5.69 Å². The van der Waals surface area contributed by atoms with E-state index in [1.54, 1.807) is 25.5 Å². The predicted octanol–water partition coefficient (Wildman–Crippen LogP) is 3.34. The second-order valence-electron chi connectivity index (χ2n) is 3.45. The highest BCUT2D eigenvalue weighted by Crippen LogP contribution is 2.14. The van der Waals surface area contributed by atoms with Gasteiger partial charge in [-0.25, -0.2) is 4.39 Å². The van der Waals surface area contributed by atoms with Crippen LogP contribution < -0.4 is 5.32 Å². The number of hydrogen-bond donors (Lipinski definition) is 1. The van der Waals surface area contributed by atoms with Crippen molar-refractivity contribution in [3.05, 3.63) is 53.7 Å². The Kier molecular flexibility index (Phi) is 2.72. The van der Waals surface area contributed by atoms with Crippen molar-refractivity contribution in [2.75, 3.05) is 5.32 Å². The minimum absolute atomic E-state index is 0.188. The molecule has 0 spiro atoms. The first-order valence-corrected chi connectivity index (χ1v) is 4.77. The van der Waals surface area contributed by atoms with Gasteiger partial charge in [0.05, 0.1) is 12.5 Å². The molecule has 0 atom stereocenters. The highest BCUT2D eigenvalue weighted by Gasteiger charge is 1.99. The first-order chi connectivity index (χ1) is 7.25. The molecule has 15 heavy (non-hydrogen) atoms. The number of benzene rings is 1. The van der Waals surface area contributed by atoms with Gasteiger partial charge in [0.25, 0.3) is 0 Å². The van der Waals surface area contributed by atoms with Gasteiger partial charge in [0.2, 0.25) is 0 Å². The number of furan rings is 1. The number of hydrogen-bond acceptors (Lipinski definition) is 2. The van der Waals surface area contributed by atoms with Gasteiger partial charge < -0.3 is 9.73 Å². The second kappa shape index (κ2) is 4.17. The zero-order chi connectivity index (χ0) is 10.7. The number of rotatable bonds is 3. The molecule has 0 radical (unpaired) electrons. The van der Waals surface area contributed by atoms with E-state index in [2.05, 4.69) is 5.32 Å². The van der Waals surface area contributed by atoms with Crippen molar-refractivity contribution in [2.45, 2.75) is 13.5 Å². The Morgan fingerprint density at radius 1 is 1.33 bits per heavy atom. The monoisotopic (exact) mass is 205 g/mol. The normalized spacial score (nSPS) is 10.3. The quantitative estimate of drug-likeness (QED) is 0.831. The Hall–Kier alpha value is -1.77. The van der Waals surface area contributed by atoms with Crippen LogP contribution >= 0.6 is 0 Å². The molecule has 1 aromatic heterocycles. The molecule has 1 heterocycles. The van der Waals surface area contributed by atoms with E-state index in [4.69, 9.17) is 4.42 Å². The lowest BCUT2D eigenvalue weighted by molar-refractivity contribution is 0.564. The smallest absolute Gasteiger partial charge is 0.128 e. The molecular formula is C12H12FNO. The fourth-order valence-electron chi connectivity index (χ4n) is 1.30. The standard InChI is InChI=1S/C12H12FNO/c1-9-2-3-11(6-12(9)13)14-7-10-4-5-15-8-10/h2-6,8,14H,7H2,1H3. The predicted molar refractivity (Wildman–Crippen MR) is 57.2 cm³/mol. The van der Waals surface area contributed by atoms with Gasteiger partial charge in [0, 0.05) is 17.8 Å². The third-order valence-electron chi connectivity index (χ3n) is 2.25. The molecule has 0 bridgehead atoms. The second-order valence-corrected chi connectivity index (χ2v) is 3.45. The van der Waals surface area contributed by atoms with Gasteiger partial charge in [-0.05, 0) is 30.7 Å². The maximum Gasteiger partial charge on any atom is 0.128 e. The molecule has 2 rings (SSSR count). The van der Waals surface area contributed by atoms with E-state index >= 15 is 0 Å². The van der Waals surface area contributed by atoms with Gasteiger partial charge >= 0.3 is 0 Å². The Morgan fingerprint density at radius 2 is 2.20 bits per heavy atom. The van der Waals surface area contributed by atoms with Crippen LogP contribution in [0.5, 0.6) is 0 Å². The van der Waals surface area contributed by atoms with Crippen molar-refractivity contribution in [1.82, 2.24) is 0 Å². The van der Waals surface area contributed by atoms with E-state index in [1.165, 1.54) is 6.07 Å². The summed E-state index contributed by atoms with van der Waals surface area (Å²) in [7, 11) is 0. The van der Waals surface area contributed by atoms with E-state index in [0.717, 1.165) is 11.3 Å². The summed E-state index contributed by atoms with van der Waals surface area (Å²) < 4.78 is 18.1. The topological polar surface area (TPSA) is 25.2 Å². The minimum atomic E-state index is -0.188. The van der Waals surface area contributed by atoms with Crippen LogP contribution in [0.15, 0.2) is 41.2 Å². The molecule has 0 unspecified atom stereocenters. The summed E-state index contributed by atoms with van der Waals surface area (Å²) in [6.45, 7) is 2.38. The molecule has 0 aliphatic heterocycles. The largest absolute Gasteiger partial charge is 0.472 e. The van der Waals surface area contributed by atoms with Crippen LogP contribution in [0.25, 0.3) is 0 Å². The van der Waals surface area contributed by atoms with Gasteiger partial charge in [0.1, 0.15) is 5.82 Å². The molecule has 1 aromatic carbocycles. The highest BCUT2D eigenvalue weighted by atomic mass is 19.1. The number of halogens is 1. The molecule has 78 valence electrons. The minimum Gasteiger partial charge on any atom is -0.472 e. The van der Waals surface area contributed by atoms with Crippen LogP contribution in [0.1, 0.15) is 11.1 Å². The van der Waals surface area contributed by atoms with E-state index in [0.29, 0.717) is 12.1 Å². The van der Waals surface area contributed by atoms with Crippen molar-refractivity contribution in [1.29, 1.82) is 0 Å². The molecule has 2 aromatic rings. The lowest BCUT2D eigenvalue weighted by atomic mass is 10.2. The Balaban J connectivity index is 2.02. The third kappa shape index (κ3) is 2.37. The maximum absolute atomic E-state index is 13.2. The number of aryl methyl sites for hydroxylation is 1. The first kappa shape index (κ1) is 9.77. The van der Waals surface area contributed by atoms with E-state index in [-0.39, 0.29) is 5.82 Å². The SMILES string of the molecule is Cc1ccc(NCc2ccoc2)cc1F. The van der Waals surface area contributed by atoms with Crippen LogP contribution in [0.2, 0.25) is 0 Å². The third-order valence-corrected chi connectivity index (χ3v) is 2.25. The molecular weight excluding hydrogens is 193 g/mol. The summed E-state index contributed by atoms with van der Waals surface area (Å²) in [6.07, 6.45) is 3.28. The Bertz CT molecular complexity index is 437. The zero-order valence-electron chi connectivity index (χ0n) is 8.46. The fraction of sp³-hybridized carbons (Fsp3) is 0.167. The molecule has 0 aliphatic rings. The maximum atomic E-state index is 13.2. The van der Waals surface area contributed by atoms with E-state index < -0.39 is 0 Å². The first-order valence-electron chi connectivity index (χ1n) is 4.77. The van der Waals surface area contributed by atoms with Gasteiger partial charge in [-0.2, -0.15) is 0 Å². The summed E-state index contributed by atoms with van der Waals surface area (Å²) in [4.78, 5) is 0. The van der Waals surface area contributed by atoms with Crippen molar-refractivity contribution < 1.29 is 8.81 Å². The average molecular weight is 205 g/mol. The molecule has 0 saturated carbocycles. The van der Waals surface area contributed by atoms with Gasteiger partial charge in [-0.1, -0.05) is 6.07 Å². The zero-order valence-corrected chi connectivity index (χ0v) is 8.46. The summed E-state index contributed by atoms with van der Waals surface area (Å²) in [6, 6.07) is 6.98. The molecule has 0 fully saturated rings. The van der Waals surface area contributed by atoms with Crippen molar-refractivity contribution in [2.24, 2.45) is 0 Å². The van der Waals surface area contributed by atoms with Crippen molar-refractivity contribution in [3.63, 3.8) is 0 Å². The van der Waals surface area contributed by atoms with Crippen LogP contribution in [0.3, 0.4) is 0 Å². The van der Waals surface area contributed by atoms with Crippen LogP contribution in [-0.4, -0.2) is 0 Å². The highest BCUT2D eigenvalue weighted by molar-refractivity contribution is 5.45. The lowest BCUT2D eigenvalue weighted by Crippen LogP contribution is -1.98. The molecule has 0 amide bonds. The molecule has 1 N–H and O–H groups in total. The van der Waals surface area contributed by atoms with Crippen LogP contribution in [-0.2, 0) is 6.54 Å². The molecule has 2 nitrogen and oxygen atoms in total. The summed E-state index contributed by atoms with van der Waals surface area (Å²) >= 11 is 0. The van der Waals surface area contributed by atoms with Gasteiger partial charge in [0.15, 0.2) is 0 Å². The van der Waals surface area contributed by atoms with Crippen molar-refractivity contribution in [3.8, 4) is 0 Å². The lowest BCUT2D eigenvalue weighted by Gasteiger charge is -2.05. The van der Waals surface area contributed by atoms with Crippen LogP contribution in [0.4, 0.5) is 10.1 Å². The molecule has 0 saturated heterocycles. The molecule has 0 aliphatic carbocycles. The average Bonchev–Trinajstić information content (AvgIpc) is 2.73. The Labute approximate surface area is 87.7 Å². The number of anilines is 1. The molecule has 3 heteroatoms. The summed E-state index contributed by atoms with van der Waals surface area (Å²) in [5, 5.41) is 3.12. The van der Waals surface area contributed by atoms with Crippen LogP contribution in [0, 0.1) is 12.7 Å². The van der Waals surface area contributed by atoms with Gasteiger partial charge in [-0.15, -0.1) is 0 Å².